The van der Waals surface area contributed by atoms with E-state index in [4.69, 9.17) is 0 Å². The molecule has 0 unspecified atom stereocenters. The number of benzene rings is 1. The first kappa shape index (κ1) is 9.46. The summed E-state index contributed by atoms with van der Waals surface area (Å²) in [4.78, 5) is 0. The fourth-order valence-electron chi connectivity index (χ4n) is 1.91. The summed E-state index contributed by atoms with van der Waals surface area (Å²) in [6.45, 7) is 2.60. The number of phenols is 1. The third kappa shape index (κ3) is 1.48. The highest BCUT2D eigenvalue weighted by molar-refractivity contribution is 5.40. The van der Waals surface area contributed by atoms with Crippen LogP contribution in [-0.4, -0.2) is 11.7 Å². The Morgan fingerprint density at radius 1 is 1.50 bits per heavy atom. The van der Waals surface area contributed by atoms with Crippen molar-refractivity contribution < 1.29 is 9.50 Å². The van der Waals surface area contributed by atoms with E-state index in [2.05, 4.69) is 5.32 Å². The molecule has 2 nitrogen and oxygen atoms in total. The molecule has 0 saturated carbocycles. The normalized spacial score (nSPS) is 21.4. The second kappa shape index (κ2) is 3.58. The van der Waals surface area contributed by atoms with Crippen LogP contribution in [0.2, 0.25) is 0 Å². The van der Waals surface area contributed by atoms with Gasteiger partial charge in [0.1, 0.15) is 0 Å². The van der Waals surface area contributed by atoms with Crippen molar-refractivity contribution in [3.05, 3.63) is 29.1 Å². The smallest absolute Gasteiger partial charge is 0.168 e. The van der Waals surface area contributed by atoms with Gasteiger partial charge in [-0.3, -0.25) is 0 Å². The molecule has 1 aromatic carbocycles. The molecule has 76 valence electrons. The molecule has 1 atom stereocenters. The van der Waals surface area contributed by atoms with Crippen molar-refractivity contribution >= 4 is 0 Å². The van der Waals surface area contributed by atoms with E-state index in [9.17, 15) is 9.50 Å². The van der Waals surface area contributed by atoms with Gasteiger partial charge in [-0.2, -0.15) is 0 Å². The maximum Gasteiger partial charge on any atom is 0.168 e. The third-order valence-corrected chi connectivity index (χ3v) is 2.78. The van der Waals surface area contributed by atoms with Crippen LogP contribution in [0.25, 0.3) is 0 Å². The van der Waals surface area contributed by atoms with Crippen LogP contribution in [0.3, 0.4) is 0 Å². The lowest BCUT2D eigenvalue weighted by Gasteiger charge is -2.13. The summed E-state index contributed by atoms with van der Waals surface area (Å²) in [5.74, 6) is -0.680. The predicted octanol–water partition coefficient (Wildman–Crippen LogP) is 2.26. The van der Waals surface area contributed by atoms with Crippen LogP contribution >= 0.6 is 0 Å². The standard InChI is InChI=1S/C11H14FNO/c1-7-4-5-8(11(14)10(7)12)9-3-2-6-13-9/h4-5,9,13-14H,2-3,6H2,1H3/t9-/m0/s1. The molecule has 0 amide bonds. The van der Waals surface area contributed by atoms with E-state index in [0.717, 1.165) is 19.4 Å². The second-order valence-corrected chi connectivity index (χ2v) is 3.78. The van der Waals surface area contributed by atoms with Crippen molar-refractivity contribution in [1.82, 2.24) is 5.32 Å². The van der Waals surface area contributed by atoms with E-state index in [-0.39, 0.29) is 11.8 Å². The first-order valence-corrected chi connectivity index (χ1v) is 4.91. The summed E-state index contributed by atoms with van der Waals surface area (Å²) < 4.78 is 13.4. The fraction of sp³-hybridized carbons (Fsp3) is 0.455. The Kier molecular flexibility index (Phi) is 2.42. The zero-order chi connectivity index (χ0) is 10.1. The molecule has 14 heavy (non-hydrogen) atoms. The van der Waals surface area contributed by atoms with E-state index in [0.29, 0.717) is 11.1 Å². The molecule has 0 spiro atoms. The van der Waals surface area contributed by atoms with E-state index < -0.39 is 5.82 Å². The number of phenolic OH excluding ortho intramolecular Hbond substituents is 1. The van der Waals surface area contributed by atoms with Gasteiger partial charge in [0.05, 0.1) is 0 Å². The van der Waals surface area contributed by atoms with E-state index in [1.807, 2.05) is 0 Å². The highest BCUT2D eigenvalue weighted by Gasteiger charge is 2.21. The lowest BCUT2D eigenvalue weighted by Crippen LogP contribution is -2.13. The van der Waals surface area contributed by atoms with Crippen LogP contribution in [0.1, 0.15) is 30.0 Å². The molecule has 1 aliphatic rings. The largest absolute Gasteiger partial charge is 0.505 e. The SMILES string of the molecule is Cc1ccc([C@@H]2CCCN2)c(O)c1F. The van der Waals surface area contributed by atoms with Gasteiger partial charge in [0.2, 0.25) is 0 Å². The molecule has 1 saturated heterocycles. The molecule has 3 heteroatoms. The predicted molar refractivity (Wildman–Crippen MR) is 52.8 cm³/mol. The van der Waals surface area contributed by atoms with Gasteiger partial charge in [-0.15, -0.1) is 0 Å². The Bertz CT molecular complexity index is 345. The van der Waals surface area contributed by atoms with Gasteiger partial charge in [0, 0.05) is 11.6 Å². The average Bonchev–Trinajstić information content (AvgIpc) is 2.67. The molecule has 0 bridgehead atoms. The van der Waals surface area contributed by atoms with Gasteiger partial charge in [-0.25, -0.2) is 4.39 Å². The summed E-state index contributed by atoms with van der Waals surface area (Å²) in [6.07, 6.45) is 2.05. The Morgan fingerprint density at radius 2 is 2.29 bits per heavy atom. The molecular formula is C11H14FNO. The molecule has 1 fully saturated rings. The first-order valence-electron chi connectivity index (χ1n) is 4.91. The lowest BCUT2D eigenvalue weighted by atomic mass is 10.0. The van der Waals surface area contributed by atoms with Crippen LogP contribution in [0, 0.1) is 12.7 Å². The summed E-state index contributed by atoms with van der Waals surface area (Å²) >= 11 is 0. The van der Waals surface area contributed by atoms with Gasteiger partial charge in [-0.05, 0) is 31.9 Å². The molecule has 2 rings (SSSR count). The van der Waals surface area contributed by atoms with Crippen molar-refractivity contribution in [2.45, 2.75) is 25.8 Å². The molecule has 2 N–H and O–H groups in total. The Labute approximate surface area is 82.8 Å². The minimum absolute atomic E-state index is 0.116. The molecule has 0 aromatic heterocycles. The summed E-state index contributed by atoms with van der Waals surface area (Å²) in [5, 5.41) is 12.9. The van der Waals surface area contributed by atoms with Crippen molar-refractivity contribution in [1.29, 1.82) is 0 Å². The number of halogens is 1. The van der Waals surface area contributed by atoms with E-state index >= 15 is 0 Å². The van der Waals surface area contributed by atoms with Crippen LogP contribution in [0.5, 0.6) is 5.75 Å². The van der Waals surface area contributed by atoms with Crippen LogP contribution in [0.15, 0.2) is 12.1 Å². The molecule has 1 heterocycles. The Balaban J connectivity index is 2.38. The minimum atomic E-state index is -0.490. The monoisotopic (exact) mass is 195 g/mol. The maximum absolute atomic E-state index is 13.4. The number of hydrogen-bond donors (Lipinski definition) is 2. The average molecular weight is 195 g/mol. The quantitative estimate of drug-likeness (QED) is 0.720. The van der Waals surface area contributed by atoms with Crippen molar-refractivity contribution in [3.8, 4) is 5.75 Å². The minimum Gasteiger partial charge on any atom is -0.505 e. The maximum atomic E-state index is 13.4. The summed E-state index contributed by atoms with van der Waals surface area (Å²) in [5.41, 5.74) is 1.18. The number of nitrogens with one attached hydrogen (secondary N) is 1. The fourth-order valence-corrected chi connectivity index (χ4v) is 1.91. The Hall–Kier alpha value is -1.09. The van der Waals surface area contributed by atoms with Crippen molar-refractivity contribution in [2.75, 3.05) is 6.54 Å². The van der Waals surface area contributed by atoms with E-state index in [1.54, 1.807) is 19.1 Å². The highest BCUT2D eigenvalue weighted by Crippen LogP contribution is 2.32. The topological polar surface area (TPSA) is 32.3 Å². The highest BCUT2D eigenvalue weighted by atomic mass is 19.1. The molecule has 1 aliphatic heterocycles. The van der Waals surface area contributed by atoms with Gasteiger partial charge in [-0.1, -0.05) is 12.1 Å². The number of aryl methyl sites for hydroxylation is 1. The lowest BCUT2D eigenvalue weighted by molar-refractivity contribution is 0.415. The summed E-state index contributed by atoms with van der Waals surface area (Å²) in [6, 6.07) is 3.63. The van der Waals surface area contributed by atoms with Crippen molar-refractivity contribution in [3.63, 3.8) is 0 Å². The van der Waals surface area contributed by atoms with Crippen LogP contribution in [-0.2, 0) is 0 Å². The molecular weight excluding hydrogens is 181 g/mol. The van der Waals surface area contributed by atoms with Gasteiger partial charge >= 0.3 is 0 Å². The molecule has 0 radical (unpaired) electrons. The van der Waals surface area contributed by atoms with Gasteiger partial charge < -0.3 is 10.4 Å². The Morgan fingerprint density at radius 3 is 2.93 bits per heavy atom. The van der Waals surface area contributed by atoms with Crippen molar-refractivity contribution in [2.24, 2.45) is 0 Å². The first-order chi connectivity index (χ1) is 6.70. The van der Waals surface area contributed by atoms with Crippen LogP contribution in [0.4, 0.5) is 4.39 Å². The number of aromatic hydroxyl groups is 1. The zero-order valence-corrected chi connectivity index (χ0v) is 8.18. The number of hydrogen-bond acceptors (Lipinski definition) is 2. The zero-order valence-electron chi connectivity index (χ0n) is 8.18. The summed E-state index contributed by atoms with van der Waals surface area (Å²) in [7, 11) is 0. The van der Waals surface area contributed by atoms with E-state index in [1.165, 1.54) is 0 Å². The third-order valence-electron chi connectivity index (χ3n) is 2.78. The second-order valence-electron chi connectivity index (χ2n) is 3.78. The van der Waals surface area contributed by atoms with Gasteiger partial charge in [0.15, 0.2) is 11.6 Å². The molecule has 1 aromatic rings. The number of rotatable bonds is 1. The van der Waals surface area contributed by atoms with Crippen LogP contribution < -0.4 is 5.32 Å². The van der Waals surface area contributed by atoms with Gasteiger partial charge in [0.25, 0.3) is 0 Å². The molecule has 0 aliphatic carbocycles.